The fourth-order valence-electron chi connectivity index (χ4n) is 2.14. The molecule has 1 aliphatic carbocycles. The summed E-state index contributed by atoms with van der Waals surface area (Å²) >= 11 is 0. The lowest BCUT2D eigenvalue weighted by molar-refractivity contribution is 0.549. The van der Waals surface area contributed by atoms with Crippen molar-refractivity contribution in [3.63, 3.8) is 0 Å². The zero-order chi connectivity index (χ0) is 9.26. The maximum Gasteiger partial charge on any atom is 0.0349 e. The van der Waals surface area contributed by atoms with E-state index in [2.05, 4.69) is 18.3 Å². The molecule has 1 unspecified atom stereocenters. The molecule has 70 valence electrons. The second kappa shape index (κ2) is 3.38. The topological polar surface area (TPSA) is 38.0 Å². The summed E-state index contributed by atoms with van der Waals surface area (Å²) in [5, 5.41) is 3.47. The van der Waals surface area contributed by atoms with Crippen molar-refractivity contribution in [2.24, 2.45) is 0 Å². The van der Waals surface area contributed by atoms with Crippen LogP contribution in [0.4, 0.5) is 5.69 Å². The summed E-state index contributed by atoms with van der Waals surface area (Å²) in [6, 6.07) is 6.76. The number of anilines is 1. The highest BCUT2D eigenvalue weighted by atomic mass is 14.9. The predicted molar refractivity (Wildman–Crippen MR) is 55.6 cm³/mol. The molecule has 0 saturated carbocycles. The molecule has 0 saturated heterocycles. The Hall–Kier alpha value is -1.02. The van der Waals surface area contributed by atoms with Crippen LogP contribution in [0, 0.1) is 0 Å². The van der Waals surface area contributed by atoms with Gasteiger partial charge in [0.25, 0.3) is 0 Å². The lowest BCUT2D eigenvalue weighted by atomic mass is 10.1. The van der Waals surface area contributed by atoms with Crippen LogP contribution >= 0.6 is 0 Å². The Balaban J connectivity index is 2.32. The quantitative estimate of drug-likeness (QED) is 0.675. The van der Waals surface area contributed by atoms with Gasteiger partial charge in [-0.1, -0.05) is 19.1 Å². The first-order valence-electron chi connectivity index (χ1n) is 4.93. The standard InChI is InChI=1S/C11H16N2/c1-2-13-11-7-6-8-9(11)4-3-5-10(8)12/h3-5,11,13H,2,6-7,12H2,1H3. The molecule has 2 nitrogen and oxygen atoms in total. The normalized spacial score (nSPS) is 20.2. The van der Waals surface area contributed by atoms with Gasteiger partial charge in [0, 0.05) is 11.7 Å². The van der Waals surface area contributed by atoms with E-state index in [9.17, 15) is 0 Å². The molecule has 2 rings (SSSR count). The van der Waals surface area contributed by atoms with E-state index in [-0.39, 0.29) is 0 Å². The molecule has 0 amide bonds. The van der Waals surface area contributed by atoms with Gasteiger partial charge in [0.05, 0.1) is 0 Å². The molecule has 1 aromatic carbocycles. The fourth-order valence-corrected chi connectivity index (χ4v) is 2.14. The second-order valence-corrected chi connectivity index (χ2v) is 3.56. The van der Waals surface area contributed by atoms with Gasteiger partial charge in [-0.25, -0.2) is 0 Å². The summed E-state index contributed by atoms with van der Waals surface area (Å²) in [6.45, 7) is 3.17. The Morgan fingerprint density at radius 2 is 2.38 bits per heavy atom. The zero-order valence-corrected chi connectivity index (χ0v) is 8.01. The van der Waals surface area contributed by atoms with E-state index >= 15 is 0 Å². The Morgan fingerprint density at radius 3 is 3.15 bits per heavy atom. The lowest BCUT2D eigenvalue weighted by Gasteiger charge is -2.12. The van der Waals surface area contributed by atoms with Crippen LogP contribution in [0.3, 0.4) is 0 Å². The lowest BCUT2D eigenvalue weighted by Crippen LogP contribution is -2.18. The molecule has 0 bridgehead atoms. The van der Waals surface area contributed by atoms with Crippen LogP contribution < -0.4 is 11.1 Å². The first kappa shape index (κ1) is 8.57. The number of nitrogens with one attached hydrogen (secondary N) is 1. The van der Waals surface area contributed by atoms with Crippen molar-refractivity contribution in [1.82, 2.24) is 5.32 Å². The molecule has 3 N–H and O–H groups in total. The van der Waals surface area contributed by atoms with Crippen LogP contribution in [-0.2, 0) is 6.42 Å². The molecular weight excluding hydrogens is 160 g/mol. The number of hydrogen-bond donors (Lipinski definition) is 2. The first-order valence-corrected chi connectivity index (χ1v) is 4.93. The molecule has 0 spiro atoms. The summed E-state index contributed by atoms with van der Waals surface area (Å²) in [5.41, 5.74) is 9.62. The third kappa shape index (κ3) is 1.42. The predicted octanol–water partition coefficient (Wildman–Crippen LogP) is 1.87. The molecular formula is C11H16N2. The van der Waals surface area contributed by atoms with Gasteiger partial charge >= 0.3 is 0 Å². The van der Waals surface area contributed by atoms with Crippen LogP contribution in [0.5, 0.6) is 0 Å². The third-order valence-electron chi connectivity index (χ3n) is 2.76. The maximum atomic E-state index is 5.90. The number of nitrogen functional groups attached to an aromatic ring is 1. The molecule has 0 fully saturated rings. The van der Waals surface area contributed by atoms with Crippen molar-refractivity contribution in [3.05, 3.63) is 29.3 Å². The van der Waals surface area contributed by atoms with Crippen LogP contribution in [-0.4, -0.2) is 6.54 Å². The number of hydrogen-bond acceptors (Lipinski definition) is 2. The minimum atomic E-state index is 0.531. The molecule has 0 heterocycles. The highest BCUT2D eigenvalue weighted by Crippen LogP contribution is 2.34. The molecule has 0 aromatic heterocycles. The Labute approximate surface area is 79.1 Å². The monoisotopic (exact) mass is 176 g/mol. The van der Waals surface area contributed by atoms with E-state index in [1.165, 1.54) is 17.5 Å². The van der Waals surface area contributed by atoms with E-state index in [0.29, 0.717) is 6.04 Å². The molecule has 1 aromatic rings. The van der Waals surface area contributed by atoms with Gasteiger partial charge in [-0.15, -0.1) is 0 Å². The van der Waals surface area contributed by atoms with Crippen LogP contribution in [0.25, 0.3) is 0 Å². The number of nitrogens with two attached hydrogens (primary N) is 1. The van der Waals surface area contributed by atoms with Gasteiger partial charge in [-0.05, 0) is 36.6 Å². The average Bonchev–Trinajstić information content (AvgIpc) is 2.51. The van der Waals surface area contributed by atoms with Crippen molar-refractivity contribution < 1.29 is 0 Å². The van der Waals surface area contributed by atoms with Gasteiger partial charge in [0.15, 0.2) is 0 Å². The highest BCUT2D eigenvalue weighted by Gasteiger charge is 2.22. The summed E-state index contributed by atoms with van der Waals surface area (Å²) < 4.78 is 0. The molecule has 0 aliphatic heterocycles. The Morgan fingerprint density at radius 1 is 1.54 bits per heavy atom. The van der Waals surface area contributed by atoms with E-state index in [1.54, 1.807) is 0 Å². The van der Waals surface area contributed by atoms with Crippen molar-refractivity contribution in [2.75, 3.05) is 12.3 Å². The minimum absolute atomic E-state index is 0.531. The van der Waals surface area contributed by atoms with E-state index in [4.69, 9.17) is 5.73 Å². The largest absolute Gasteiger partial charge is 0.398 e. The summed E-state index contributed by atoms with van der Waals surface area (Å²) in [4.78, 5) is 0. The summed E-state index contributed by atoms with van der Waals surface area (Å²) in [7, 11) is 0. The van der Waals surface area contributed by atoms with E-state index in [1.807, 2.05) is 12.1 Å². The van der Waals surface area contributed by atoms with Gasteiger partial charge in [-0.2, -0.15) is 0 Å². The third-order valence-corrected chi connectivity index (χ3v) is 2.76. The van der Waals surface area contributed by atoms with Crippen LogP contribution in [0.15, 0.2) is 18.2 Å². The molecule has 2 heteroatoms. The van der Waals surface area contributed by atoms with Crippen molar-refractivity contribution in [2.45, 2.75) is 25.8 Å². The number of fused-ring (bicyclic) bond motifs is 1. The van der Waals surface area contributed by atoms with Crippen molar-refractivity contribution >= 4 is 5.69 Å². The minimum Gasteiger partial charge on any atom is -0.398 e. The van der Waals surface area contributed by atoms with Crippen LogP contribution in [0.2, 0.25) is 0 Å². The van der Waals surface area contributed by atoms with Crippen molar-refractivity contribution in [3.8, 4) is 0 Å². The second-order valence-electron chi connectivity index (χ2n) is 3.56. The zero-order valence-electron chi connectivity index (χ0n) is 8.01. The SMILES string of the molecule is CCNC1CCc2c(N)cccc21. The van der Waals surface area contributed by atoms with Crippen molar-refractivity contribution in [1.29, 1.82) is 0 Å². The average molecular weight is 176 g/mol. The molecule has 1 aliphatic rings. The smallest absolute Gasteiger partial charge is 0.0349 e. The van der Waals surface area contributed by atoms with Gasteiger partial charge in [-0.3, -0.25) is 0 Å². The molecule has 0 radical (unpaired) electrons. The highest BCUT2D eigenvalue weighted by molar-refractivity contribution is 5.54. The first-order chi connectivity index (χ1) is 6.33. The molecule has 13 heavy (non-hydrogen) atoms. The van der Waals surface area contributed by atoms with Gasteiger partial charge < -0.3 is 11.1 Å². The number of benzene rings is 1. The fraction of sp³-hybridized carbons (Fsp3) is 0.455. The maximum absolute atomic E-state index is 5.90. The van der Waals surface area contributed by atoms with Gasteiger partial charge in [0.2, 0.25) is 0 Å². The Kier molecular flexibility index (Phi) is 2.23. The summed E-state index contributed by atoms with van der Waals surface area (Å²) in [6.07, 6.45) is 2.32. The molecule has 1 atom stereocenters. The number of rotatable bonds is 2. The summed E-state index contributed by atoms with van der Waals surface area (Å²) in [5.74, 6) is 0. The van der Waals surface area contributed by atoms with E-state index in [0.717, 1.165) is 18.7 Å². The van der Waals surface area contributed by atoms with Crippen LogP contribution in [0.1, 0.15) is 30.5 Å². The van der Waals surface area contributed by atoms with Gasteiger partial charge in [0.1, 0.15) is 0 Å². The van der Waals surface area contributed by atoms with E-state index < -0.39 is 0 Å². The Bertz CT molecular complexity index is 307.